The normalized spacial score (nSPS) is 12.3. The Bertz CT molecular complexity index is 308. The van der Waals surface area contributed by atoms with Gasteiger partial charge >= 0.3 is 17.1 Å². The molecule has 0 bridgehead atoms. The smallest absolute Gasteiger partial charge is 0.629 e. The molecule has 0 radical (unpaired) electrons. The van der Waals surface area contributed by atoms with Crippen molar-refractivity contribution in [1.29, 1.82) is 1.43 Å². The quantitative estimate of drug-likeness (QED) is 0.453. The van der Waals surface area contributed by atoms with Gasteiger partial charge in [0.1, 0.15) is 1.43 Å². The van der Waals surface area contributed by atoms with E-state index in [-0.39, 0.29) is 17.1 Å². The number of aliphatic hydroxyl groups excluding tert-OH is 1. The predicted molar refractivity (Wildman–Crippen MR) is 50.0 cm³/mol. The van der Waals surface area contributed by atoms with Crippen molar-refractivity contribution >= 4 is 0 Å². The first-order chi connectivity index (χ1) is 6.84. The van der Waals surface area contributed by atoms with E-state index in [1.807, 2.05) is 30.3 Å². The Kier molecular flexibility index (Phi) is 5.48. The van der Waals surface area contributed by atoms with Crippen LogP contribution < -0.4 is 5.11 Å². The van der Waals surface area contributed by atoms with Crippen LogP contribution in [-0.2, 0) is 17.1 Å². The van der Waals surface area contributed by atoms with Gasteiger partial charge in [-0.25, -0.2) is 12.1 Å². The van der Waals surface area contributed by atoms with Crippen molar-refractivity contribution in [2.45, 2.75) is 0 Å². The van der Waals surface area contributed by atoms with Crippen LogP contribution in [0.2, 0.25) is 0 Å². The van der Waals surface area contributed by atoms with E-state index in [0.29, 0.717) is 5.57 Å². The second kappa shape index (κ2) is 7.13. The van der Waals surface area contributed by atoms with Gasteiger partial charge in [0.2, 0.25) is 0 Å². The molecule has 0 amide bonds. The Balaban J connectivity index is 0.000000280. The number of rotatable bonds is 1. The monoisotopic (exact) mass is 231 g/mol. The van der Waals surface area contributed by atoms with Crippen molar-refractivity contribution in [2.75, 3.05) is 0 Å². The van der Waals surface area contributed by atoms with Crippen LogP contribution >= 0.6 is 0 Å². The molecule has 2 rings (SSSR count). The van der Waals surface area contributed by atoms with E-state index in [1.54, 1.807) is 24.3 Å². The van der Waals surface area contributed by atoms with Crippen LogP contribution in [0.4, 0.5) is 0 Å². The zero-order valence-corrected chi connectivity index (χ0v) is 8.47. The number of allylic oxidation sites excluding steroid dienone is 5. The molecule has 0 aliphatic heterocycles. The molecule has 1 aromatic rings. The maximum absolute atomic E-state index is 10.5. The standard InChI is InChI=1S/C6H6O2.C5H5.Fe/c7-6(8)5-3-1-2-4-5;1-2-4-5-3-1;/h1-4,7-8H;1-5H;/q;-1;+2/p-1/i/hD. The van der Waals surface area contributed by atoms with Crippen LogP contribution in [0.1, 0.15) is 0 Å². The van der Waals surface area contributed by atoms with E-state index >= 15 is 0 Å². The summed E-state index contributed by atoms with van der Waals surface area (Å²) in [5, 5.41) is 14.2. The van der Waals surface area contributed by atoms with Gasteiger partial charge in [-0.15, -0.1) is 0 Å². The Morgan fingerprint density at radius 2 is 1.86 bits per heavy atom. The van der Waals surface area contributed by atoms with Crippen LogP contribution in [0.5, 0.6) is 0 Å². The van der Waals surface area contributed by atoms with E-state index in [2.05, 4.69) is 5.11 Å². The molecule has 0 saturated heterocycles. The Hall–Kier alpha value is -1.31. The van der Waals surface area contributed by atoms with E-state index in [1.165, 1.54) is 0 Å². The van der Waals surface area contributed by atoms with E-state index in [4.69, 9.17) is 1.43 Å². The number of hydrogen-bond acceptors (Lipinski definition) is 2. The molecule has 0 saturated carbocycles. The Morgan fingerprint density at radius 1 is 1.29 bits per heavy atom. The molecule has 0 spiro atoms. The SMILES string of the molecule is [2H]OC([O-])=C1C=CC=C1.[Fe+2].c1cc[cH-]c1. The topological polar surface area (TPSA) is 43.3 Å². The van der Waals surface area contributed by atoms with Gasteiger partial charge in [-0.1, -0.05) is 24.3 Å². The Labute approximate surface area is 95.2 Å². The summed E-state index contributed by atoms with van der Waals surface area (Å²) >= 11 is 0. The molecule has 1 aromatic carbocycles. The van der Waals surface area contributed by atoms with Gasteiger partial charge in [0.05, 0.1) is 5.95 Å². The molecule has 2 nitrogen and oxygen atoms in total. The summed E-state index contributed by atoms with van der Waals surface area (Å²) in [4.78, 5) is 0. The van der Waals surface area contributed by atoms with E-state index < -0.39 is 5.95 Å². The van der Waals surface area contributed by atoms with Crippen molar-refractivity contribution in [3.8, 4) is 0 Å². The average molecular weight is 231 g/mol. The summed E-state index contributed by atoms with van der Waals surface area (Å²) in [5.74, 6) is -0.611. The third kappa shape index (κ3) is 4.65. The van der Waals surface area contributed by atoms with Crippen molar-refractivity contribution in [1.82, 2.24) is 0 Å². The minimum absolute atomic E-state index is 0. The third-order valence-electron chi connectivity index (χ3n) is 1.45. The first-order valence-electron chi connectivity index (χ1n) is 4.31. The van der Waals surface area contributed by atoms with Crippen LogP contribution in [0.25, 0.3) is 1.43 Å². The molecule has 1 N–H and O–H groups in total. The largest absolute Gasteiger partial charge is 2.00 e. The average Bonchev–Trinajstić information content (AvgIpc) is 2.91. The zero-order valence-electron chi connectivity index (χ0n) is 8.37. The minimum Gasteiger partial charge on any atom is -0.629 e. The maximum Gasteiger partial charge on any atom is 2.00 e. The van der Waals surface area contributed by atoms with Gasteiger partial charge in [-0.05, 0) is 5.57 Å². The second-order valence-corrected chi connectivity index (χ2v) is 2.42. The fourth-order valence-corrected chi connectivity index (χ4v) is 0.831. The fraction of sp³-hybridized carbons (Fsp3) is 0. The van der Waals surface area contributed by atoms with Crippen LogP contribution in [0.15, 0.2) is 66.2 Å². The van der Waals surface area contributed by atoms with Crippen LogP contribution in [0.3, 0.4) is 0 Å². The van der Waals surface area contributed by atoms with Gasteiger partial charge in [0, 0.05) is 0 Å². The summed E-state index contributed by atoms with van der Waals surface area (Å²) in [6.45, 7) is 0. The van der Waals surface area contributed by atoms with Gasteiger partial charge in [-0.2, -0.15) is 18.2 Å². The van der Waals surface area contributed by atoms with E-state index in [0.717, 1.165) is 0 Å². The molecular formula is C11H10FeO2. The van der Waals surface area contributed by atoms with Gasteiger partial charge < -0.3 is 10.2 Å². The zero-order chi connectivity index (χ0) is 10.2. The molecule has 74 valence electrons. The van der Waals surface area contributed by atoms with E-state index in [9.17, 15) is 5.11 Å². The fourth-order valence-electron chi connectivity index (χ4n) is 0.831. The maximum atomic E-state index is 10.5. The third-order valence-corrected chi connectivity index (χ3v) is 1.45. The Morgan fingerprint density at radius 3 is 2.21 bits per heavy atom. The number of aliphatic hydroxyl groups is 1. The second-order valence-electron chi connectivity index (χ2n) is 2.42. The van der Waals surface area contributed by atoms with Gasteiger partial charge in [0.15, 0.2) is 0 Å². The summed E-state index contributed by atoms with van der Waals surface area (Å²) in [6, 6.07) is 10.0. The summed E-state index contributed by atoms with van der Waals surface area (Å²) < 4.78 is 6.24. The molecule has 0 fully saturated rings. The minimum atomic E-state index is -0.611. The molecule has 0 aromatic heterocycles. The molecule has 3 heteroatoms. The van der Waals surface area contributed by atoms with Crippen molar-refractivity contribution < 1.29 is 27.3 Å². The number of hydrogen-bond donors (Lipinski definition) is 1. The first kappa shape index (κ1) is 10.8. The molecule has 0 unspecified atom stereocenters. The molecule has 1 aliphatic carbocycles. The van der Waals surface area contributed by atoms with Crippen LogP contribution in [0, 0.1) is 0 Å². The van der Waals surface area contributed by atoms with Gasteiger partial charge in [-0.3, -0.25) is 0 Å². The molecule has 1 aliphatic rings. The molecule has 14 heavy (non-hydrogen) atoms. The van der Waals surface area contributed by atoms with Crippen LogP contribution in [-0.4, -0.2) is 5.11 Å². The first-order valence-corrected chi connectivity index (χ1v) is 3.90. The summed E-state index contributed by atoms with van der Waals surface area (Å²) in [5.41, 5.74) is 0.421. The van der Waals surface area contributed by atoms with Crippen molar-refractivity contribution in [3.63, 3.8) is 0 Å². The summed E-state index contributed by atoms with van der Waals surface area (Å²) in [6.07, 6.45) is 6.62. The predicted octanol–water partition coefficient (Wildman–Crippen LogP) is 1.65. The van der Waals surface area contributed by atoms with Crippen molar-refractivity contribution in [3.05, 3.63) is 66.2 Å². The molecule has 0 heterocycles. The summed E-state index contributed by atoms with van der Waals surface area (Å²) in [7, 11) is 0. The molecular weight excluding hydrogens is 220 g/mol. The molecule has 0 atom stereocenters. The van der Waals surface area contributed by atoms with Crippen molar-refractivity contribution in [2.24, 2.45) is 0 Å². The van der Waals surface area contributed by atoms with Gasteiger partial charge in [0.25, 0.3) is 0 Å².